The van der Waals surface area contributed by atoms with Crippen LogP contribution in [0.15, 0.2) is 30.3 Å². The SMILES string of the molecule is CCC(C)(C)c1cc(-n2nc3ccc(Cl)cc3n2)c(C)c(C(C)(C)CC)c1. The minimum absolute atomic E-state index is 0.0918. The molecule has 0 fully saturated rings. The number of nitrogens with zero attached hydrogens (tertiary/aromatic N) is 3. The second-order valence-corrected chi connectivity index (χ2v) is 9.20. The van der Waals surface area contributed by atoms with Gasteiger partial charge in [0.05, 0.1) is 5.69 Å². The first kappa shape index (κ1) is 19.9. The highest BCUT2D eigenvalue weighted by atomic mass is 35.5. The van der Waals surface area contributed by atoms with Crippen LogP contribution < -0.4 is 0 Å². The van der Waals surface area contributed by atoms with Gasteiger partial charge in [0.15, 0.2) is 0 Å². The van der Waals surface area contributed by atoms with E-state index in [0.29, 0.717) is 5.02 Å². The lowest BCUT2D eigenvalue weighted by Gasteiger charge is -2.31. The maximum atomic E-state index is 6.14. The Balaban J connectivity index is 2.29. The Labute approximate surface area is 167 Å². The van der Waals surface area contributed by atoms with Crippen molar-refractivity contribution in [3.63, 3.8) is 0 Å². The van der Waals surface area contributed by atoms with E-state index in [-0.39, 0.29) is 10.8 Å². The normalized spacial score (nSPS) is 12.7. The van der Waals surface area contributed by atoms with Crippen LogP contribution >= 0.6 is 11.6 Å². The van der Waals surface area contributed by atoms with Crippen molar-refractivity contribution in [2.45, 2.75) is 72.1 Å². The van der Waals surface area contributed by atoms with E-state index in [1.807, 2.05) is 18.2 Å². The number of benzene rings is 2. The summed E-state index contributed by atoms with van der Waals surface area (Å²) in [5, 5.41) is 10.1. The van der Waals surface area contributed by atoms with Crippen LogP contribution in [0.1, 0.15) is 71.1 Å². The molecule has 0 saturated heterocycles. The largest absolute Gasteiger partial charge is 0.150 e. The van der Waals surface area contributed by atoms with Crippen molar-refractivity contribution in [1.82, 2.24) is 15.0 Å². The highest BCUT2D eigenvalue weighted by Gasteiger charge is 2.27. The van der Waals surface area contributed by atoms with E-state index in [0.717, 1.165) is 29.6 Å². The molecule has 0 saturated carbocycles. The first-order valence-electron chi connectivity index (χ1n) is 9.77. The Bertz CT molecular complexity index is 983. The highest BCUT2D eigenvalue weighted by Crippen LogP contribution is 2.37. The Morgan fingerprint density at radius 1 is 0.889 bits per heavy atom. The first-order chi connectivity index (χ1) is 12.6. The topological polar surface area (TPSA) is 30.7 Å². The summed E-state index contributed by atoms with van der Waals surface area (Å²) in [5.74, 6) is 0. The average molecular weight is 384 g/mol. The van der Waals surface area contributed by atoms with E-state index in [1.54, 1.807) is 4.80 Å². The molecule has 0 radical (unpaired) electrons. The molecule has 0 unspecified atom stereocenters. The predicted octanol–water partition coefficient (Wildman–Crippen LogP) is 6.76. The lowest BCUT2D eigenvalue weighted by atomic mass is 9.74. The van der Waals surface area contributed by atoms with Crippen LogP contribution in [0.25, 0.3) is 16.7 Å². The summed E-state index contributed by atoms with van der Waals surface area (Å²) in [6.45, 7) is 15.9. The van der Waals surface area contributed by atoms with Gasteiger partial charge in [0.25, 0.3) is 0 Å². The van der Waals surface area contributed by atoms with Gasteiger partial charge in [-0.2, -0.15) is 4.80 Å². The predicted molar refractivity (Wildman–Crippen MR) is 115 cm³/mol. The summed E-state index contributed by atoms with van der Waals surface area (Å²) in [5.41, 5.74) is 6.86. The summed E-state index contributed by atoms with van der Waals surface area (Å²) in [7, 11) is 0. The molecular formula is C23H30ClN3. The van der Waals surface area contributed by atoms with Crippen molar-refractivity contribution < 1.29 is 0 Å². The maximum absolute atomic E-state index is 6.14. The molecule has 0 aliphatic carbocycles. The van der Waals surface area contributed by atoms with E-state index >= 15 is 0 Å². The lowest BCUT2D eigenvalue weighted by Crippen LogP contribution is -2.23. The van der Waals surface area contributed by atoms with Crippen LogP contribution in [0.2, 0.25) is 5.02 Å². The fraction of sp³-hybridized carbons (Fsp3) is 0.478. The zero-order chi connectivity index (χ0) is 20.0. The van der Waals surface area contributed by atoms with Crippen molar-refractivity contribution in [2.75, 3.05) is 0 Å². The molecule has 27 heavy (non-hydrogen) atoms. The van der Waals surface area contributed by atoms with Crippen molar-refractivity contribution in [2.24, 2.45) is 0 Å². The molecule has 0 N–H and O–H groups in total. The zero-order valence-corrected chi connectivity index (χ0v) is 18.3. The fourth-order valence-electron chi connectivity index (χ4n) is 3.39. The van der Waals surface area contributed by atoms with Gasteiger partial charge >= 0.3 is 0 Å². The Kier molecular flexibility index (Phi) is 5.11. The monoisotopic (exact) mass is 383 g/mol. The molecule has 2 aromatic carbocycles. The Hall–Kier alpha value is -1.87. The molecule has 0 atom stereocenters. The van der Waals surface area contributed by atoms with Crippen LogP contribution in [0, 0.1) is 6.92 Å². The van der Waals surface area contributed by atoms with Gasteiger partial charge in [0.1, 0.15) is 11.0 Å². The van der Waals surface area contributed by atoms with Gasteiger partial charge in [-0.3, -0.25) is 0 Å². The van der Waals surface area contributed by atoms with Crippen LogP contribution in [-0.2, 0) is 10.8 Å². The van der Waals surface area contributed by atoms with Crippen LogP contribution in [0.5, 0.6) is 0 Å². The molecule has 0 bridgehead atoms. The van der Waals surface area contributed by atoms with Crippen molar-refractivity contribution in [3.8, 4) is 5.69 Å². The van der Waals surface area contributed by atoms with E-state index in [1.165, 1.54) is 16.7 Å². The summed E-state index contributed by atoms with van der Waals surface area (Å²) in [6, 6.07) is 10.3. The van der Waals surface area contributed by atoms with E-state index in [4.69, 9.17) is 21.8 Å². The molecule has 1 aromatic heterocycles. The second-order valence-electron chi connectivity index (χ2n) is 8.77. The quantitative estimate of drug-likeness (QED) is 0.487. The molecule has 4 heteroatoms. The molecule has 0 aliphatic rings. The Morgan fingerprint density at radius 2 is 1.52 bits per heavy atom. The van der Waals surface area contributed by atoms with Crippen LogP contribution in [0.3, 0.4) is 0 Å². The minimum atomic E-state index is 0.0918. The van der Waals surface area contributed by atoms with E-state index in [9.17, 15) is 0 Å². The fourth-order valence-corrected chi connectivity index (χ4v) is 3.56. The molecule has 3 rings (SSSR count). The molecule has 1 heterocycles. The first-order valence-corrected chi connectivity index (χ1v) is 10.2. The van der Waals surface area contributed by atoms with E-state index < -0.39 is 0 Å². The maximum Gasteiger partial charge on any atom is 0.115 e. The molecule has 0 amide bonds. The third kappa shape index (κ3) is 3.62. The van der Waals surface area contributed by atoms with Crippen molar-refractivity contribution in [3.05, 3.63) is 52.0 Å². The number of halogens is 1. The van der Waals surface area contributed by atoms with Crippen LogP contribution in [0.4, 0.5) is 0 Å². The lowest BCUT2D eigenvalue weighted by molar-refractivity contribution is 0.485. The highest BCUT2D eigenvalue weighted by molar-refractivity contribution is 6.31. The third-order valence-corrected chi connectivity index (χ3v) is 6.45. The van der Waals surface area contributed by atoms with Gasteiger partial charge in [0.2, 0.25) is 0 Å². The third-order valence-electron chi connectivity index (χ3n) is 6.22. The summed E-state index contributed by atoms with van der Waals surface area (Å²) >= 11 is 6.14. The molecule has 3 nitrogen and oxygen atoms in total. The standard InChI is InChI=1S/C23H30ClN3/c1-8-22(4,5)16-12-18(23(6,7)9-2)15(3)21(13-16)27-25-19-11-10-17(24)14-20(19)26-27/h10-14H,8-9H2,1-7H3. The minimum Gasteiger partial charge on any atom is -0.150 e. The number of hydrogen-bond acceptors (Lipinski definition) is 2. The van der Waals surface area contributed by atoms with Gasteiger partial charge in [-0.15, -0.1) is 10.2 Å². The number of rotatable bonds is 5. The zero-order valence-electron chi connectivity index (χ0n) is 17.5. The van der Waals surface area contributed by atoms with E-state index in [2.05, 4.69) is 60.6 Å². The average Bonchev–Trinajstić information content (AvgIpc) is 3.04. The molecule has 0 aliphatic heterocycles. The van der Waals surface area contributed by atoms with Crippen LogP contribution in [-0.4, -0.2) is 15.0 Å². The van der Waals surface area contributed by atoms with Gasteiger partial charge in [-0.25, -0.2) is 0 Å². The van der Waals surface area contributed by atoms with Gasteiger partial charge in [-0.05, 0) is 71.6 Å². The van der Waals surface area contributed by atoms with Gasteiger partial charge in [0, 0.05) is 5.02 Å². The molecular weight excluding hydrogens is 354 g/mol. The number of aromatic nitrogens is 3. The van der Waals surface area contributed by atoms with Crippen molar-refractivity contribution in [1.29, 1.82) is 0 Å². The summed E-state index contributed by atoms with van der Waals surface area (Å²) in [6.07, 6.45) is 2.15. The summed E-state index contributed by atoms with van der Waals surface area (Å²) in [4.78, 5) is 1.78. The van der Waals surface area contributed by atoms with Crippen molar-refractivity contribution >= 4 is 22.6 Å². The summed E-state index contributed by atoms with van der Waals surface area (Å²) < 4.78 is 0. The number of hydrogen-bond donors (Lipinski definition) is 0. The van der Waals surface area contributed by atoms with Gasteiger partial charge < -0.3 is 0 Å². The van der Waals surface area contributed by atoms with Gasteiger partial charge in [-0.1, -0.05) is 59.2 Å². The second kappa shape index (κ2) is 6.94. The Morgan fingerprint density at radius 3 is 2.15 bits per heavy atom. The smallest absolute Gasteiger partial charge is 0.115 e. The molecule has 144 valence electrons. The molecule has 3 aromatic rings. The molecule has 0 spiro atoms. The number of fused-ring (bicyclic) bond motifs is 1.